The Kier molecular flexibility index (Phi) is 2.70. The first kappa shape index (κ1) is 13.0. The number of aliphatic hydroxyl groups excluding tert-OH is 1. The Hall–Kier alpha value is -1.75. The highest BCUT2D eigenvalue weighted by atomic mass is 19.3. The molecule has 0 spiro atoms. The molecule has 2 aliphatic rings. The van der Waals surface area contributed by atoms with E-state index in [2.05, 4.69) is 4.98 Å². The second-order valence-electron chi connectivity index (χ2n) is 6.05. The van der Waals surface area contributed by atoms with Crippen LogP contribution in [0.3, 0.4) is 0 Å². The van der Waals surface area contributed by atoms with E-state index in [4.69, 9.17) is 0 Å². The summed E-state index contributed by atoms with van der Waals surface area (Å²) in [6, 6.07) is 7.55. The summed E-state index contributed by atoms with van der Waals surface area (Å²) in [6.45, 7) is 0. The first-order valence-corrected chi connectivity index (χ1v) is 7.24. The molecule has 3 atom stereocenters. The predicted molar refractivity (Wildman–Crippen MR) is 74.1 cm³/mol. The number of fused-ring (bicyclic) bond motifs is 3. The SMILES string of the molecule is OC1CCC(F)(F)CC1[C@H]1c2ccccc2-c2cncn21. The van der Waals surface area contributed by atoms with Gasteiger partial charge in [-0.1, -0.05) is 24.3 Å². The third-order valence-electron chi connectivity index (χ3n) is 4.76. The molecule has 110 valence electrons. The summed E-state index contributed by atoms with van der Waals surface area (Å²) in [5.41, 5.74) is 2.98. The lowest BCUT2D eigenvalue weighted by molar-refractivity contribution is -0.0990. The van der Waals surface area contributed by atoms with Crippen molar-refractivity contribution in [2.24, 2.45) is 5.92 Å². The molecule has 21 heavy (non-hydrogen) atoms. The van der Waals surface area contributed by atoms with Crippen LogP contribution < -0.4 is 0 Å². The van der Waals surface area contributed by atoms with Gasteiger partial charge in [0.15, 0.2) is 0 Å². The van der Waals surface area contributed by atoms with Crippen LogP contribution in [0.1, 0.15) is 30.9 Å². The highest BCUT2D eigenvalue weighted by molar-refractivity contribution is 5.69. The zero-order valence-electron chi connectivity index (χ0n) is 11.4. The number of alkyl halides is 2. The predicted octanol–water partition coefficient (Wildman–Crippen LogP) is 3.25. The van der Waals surface area contributed by atoms with Gasteiger partial charge in [-0.3, -0.25) is 0 Å². The summed E-state index contributed by atoms with van der Waals surface area (Å²) in [5, 5.41) is 10.3. The maximum Gasteiger partial charge on any atom is 0.248 e. The number of benzene rings is 1. The molecule has 1 aromatic heterocycles. The maximum atomic E-state index is 13.8. The van der Waals surface area contributed by atoms with Gasteiger partial charge in [0.2, 0.25) is 5.92 Å². The molecule has 2 heterocycles. The highest BCUT2D eigenvalue weighted by Crippen LogP contribution is 2.49. The Balaban J connectivity index is 1.82. The zero-order valence-corrected chi connectivity index (χ0v) is 11.4. The lowest BCUT2D eigenvalue weighted by Gasteiger charge is -2.37. The summed E-state index contributed by atoms with van der Waals surface area (Å²) >= 11 is 0. The number of aliphatic hydroxyl groups is 1. The maximum absolute atomic E-state index is 13.8. The van der Waals surface area contributed by atoms with Crippen molar-refractivity contribution in [1.82, 2.24) is 9.55 Å². The summed E-state index contributed by atoms with van der Waals surface area (Å²) < 4.78 is 29.6. The van der Waals surface area contributed by atoms with Crippen LogP contribution in [0.4, 0.5) is 8.78 Å². The van der Waals surface area contributed by atoms with E-state index in [1.165, 1.54) is 0 Å². The van der Waals surface area contributed by atoms with E-state index in [0.717, 1.165) is 16.8 Å². The van der Waals surface area contributed by atoms with Gasteiger partial charge < -0.3 is 9.67 Å². The molecule has 4 rings (SSSR count). The van der Waals surface area contributed by atoms with E-state index in [9.17, 15) is 13.9 Å². The Morgan fingerprint density at radius 2 is 2.10 bits per heavy atom. The minimum Gasteiger partial charge on any atom is -0.393 e. The van der Waals surface area contributed by atoms with Crippen LogP contribution in [0.15, 0.2) is 36.8 Å². The van der Waals surface area contributed by atoms with Crippen LogP contribution in [0, 0.1) is 5.92 Å². The molecule has 0 radical (unpaired) electrons. The molecule has 2 aromatic rings. The molecule has 1 fully saturated rings. The van der Waals surface area contributed by atoms with Gasteiger partial charge in [-0.15, -0.1) is 0 Å². The van der Waals surface area contributed by atoms with Crippen LogP contribution in [-0.2, 0) is 0 Å². The highest BCUT2D eigenvalue weighted by Gasteiger charge is 2.47. The van der Waals surface area contributed by atoms with Crippen molar-refractivity contribution in [2.75, 3.05) is 0 Å². The van der Waals surface area contributed by atoms with E-state index in [1.54, 1.807) is 12.5 Å². The normalized spacial score (nSPS) is 30.0. The Bertz CT molecular complexity index is 682. The second-order valence-corrected chi connectivity index (χ2v) is 6.05. The monoisotopic (exact) mass is 290 g/mol. The summed E-state index contributed by atoms with van der Waals surface area (Å²) in [5.74, 6) is -3.17. The Labute approximate surface area is 121 Å². The zero-order chi connectivity index (χ0) is 14.6. The molecular formula is C16H16F2N2O. The Morgan fingerprint density at radius 1 is 1.29 bits per heavy atom. The van der Waals surface area contributed by atoms with E-state index in [-0.39, 0.29) is 25.3 Å². The summed E-state index contributed by atoms with van der Waals surface area (Å²) in [4.78, 5) is 4.14. The molecule has 1 aliphatic carbocycles. The van der Waals surface area contributed by atoms with Gasteiger partial charge in [0, 0.05) is 24.3 Å². The lowest BCUT2D eigenvalue weighted by atomic mass is 9.77. The molecule has 1 N–H and O–H groups in total. The van der Waals surface area contributed by atoms with Gasteiger partial charge in [-0.25, -0.2) is 13.8 Å². The van der Waals surface area contributed by atoms with E-state index in [1.807, 2.05) is 28.8 Å². The molecule has 1 saturated carbocycles. The molecule has 0 amide bonds. The minimum atomic E-state index is -2.69. The molecular weight excluding hydrogens is 274 g/mol. The third-order valence-corrected chi connectivity index (χ3v) is 4.76. The van der Waals surface area contributed by atoms with Gasteiger partial charge in [-0.2, -0.15) is 0 Å². The molecule has 5 heteroatoms. The van der Waals surface area contributed by atoms with Crippen molar-refractivity contribution in [1.29, 1.82) is 0 Å². The standard InChI is InChI=1S/C16H16F2N2O/c17-16(18)6-5-14(21)12(7-16)15-11-4-2-1-3-10(11)13-8-19-9-20(13)15/h1-4,8-9,12,14-15,21H,5-7H2/t12?,14?,15-/m1/s1. The van der Waals surface area contributed by atoms with Gasteiger partial charge in [-0.05, 0) is 12.0 Å². The third kappa shape index (κ3) is 1.91. The van der Waals surface area contributed by atoms with Crippen LogP contribution >= 0.6 is 0 Å². The fourth-order valence-corrected chi connectivity index (χ4v) is 3.79. The van der Waals surface area contributed by atoms with Crippen molar-refractivity contribution >= 4 is 0 Å². The molecule has 1 aromatic carbocycles. The fourth-order valence-electron chi connectivity index (χ4n) is 3.79. The van der Waals surface area contributed by atoms with Crippen molar-refractivity contribution in [3.8, 4) is 11.3 Å². The first-order valence-electron chi connectivity index (χ1n) is 7.24. The lowest BCUT2D eigenvalue weighted by Crippen LogP contribution is -2.40. The van der Waals surface area contributed by atoms with Crippen LogP contribution in [0.25, 0.3) is 11.3 Å². The molecule has 1 aliphatic heterocycles. The van der Waals surface area contributed by atoms with Crippen LogP contribution in [0.2, 0.25) is 0 Å². The van der Waals surface area contributed by atoms with Crippen molar-refractivity contribution in [3.05, 3.63) is 42.4 Å². The minimum absolute atomic E-state index is 0.153. The summed E-state index contributed by atoms with van der Waals surface area (Å²) in [6.07, 6.45) is 2.39. The Morgan fingerprint density at radius 3 is 2.95 bits per heavy atom. The topological polar surface area (TPSA) is 38.1 Å². The van der Waals surface area contributed by atoms with Gasteiger partial charge in [0.05, 0.1) is 30.4 Å². The fraction of sp³-hybridized carbons (Fsp3) is 0.438. The number of nitrogens with zero attached hydrogens (tertiary/aromatic N) is 2. The van der Waals surface area contributed by atoms with Crippen LogP contribution in [0.5, 0.6) is 0 Å². The first-order chi connectivity index (χ1) is 10.1. The van der Waals surface area contributed by atoms with Crippen molar-refractivity contribution in [2.45, 2.75) is 37.3 Å². The molecule has 2 unspecified atom stereocenters. The van der Waals surface area contributed by atoms with E-state index in [0.29, 0.717) is 0 Å². The second kappa shape index (κ2) is 4.37. The van der Waals surface area contributed by atoms with E-state index < -0.39 is 17.9 Å². The van der Waals surface area contributed by atoms with Gasteiger partial charge >= 0.3 is 0 Å². The average molecular weight is 290 g/mol. The largest absolute Gasteiger partial charge is 0.393 e. The smallest absolute Gasteiger partial charge is 0.248 e. The number of aromatic nitrogens is 2. The number of halogens is 2. The van der Waals surface area contributed by atoms with Crippen molar-refractivity contribution in [3.63, 3.8) is 0 Å². The number of hydrogen-bond acceptors (Lipinski definition) is 2. The molecule has 0 saturated heterocycles. The van der Waals surface area contributed by atoms with Crippen molar-refractivity contribution < 1.29 is 13.9 Å². The van der Waals surface area contributed by atoms with Gasteiger partial charge in [0.25, 0.3) is 0 Å². The van der Waals surface area contributed by atoms with Crippen LogP contribution in [-0.4, -0.2) is 26.7 Å². The van der Waals surface area contributed by atoms with Gasteiger partial charge in [0.1, 0.15) is 0 Å². The average Bonchev–Trinajstić information content (AvgIpc) is 3.02. The quantitative estimate of drug-likeness (QED) is 0.875. The number of rotatable bonds is 1. The molecule has 0 bridgehead atoms. The van der Waals surface area contributed by atoms with E-state index >= 15 is 0 Å². The number of imidazole rings is 1. The molecule has 3 nitrogen and oxygen atoms in total. The summed E-state index contributed by atoms with van der Waals surface area (Å²) in [7, 11) is 0. The number of hydrogen-bond donors (Lipinski definition) is 1.